The van der Waals surface area contributed by atoms with Gasteiger partial charge >= 0.3 is 11.9 Å². The second kappa shape index (κ2) is 13.3. The average Bonchev–Trinajstić information content (AvgIpc) is 3.29. The number of hydrogen-bond donors (Lipinski definition) is 0. The van der Waals surface area contributed by atoms with Crippen molar-refractivity contribution in [2.24, 2.45) is 0 Å². The first-order chi connectivity index (χ1) is 19.3. The van der Waals surface area contributed by atoms with Gasteiger partial charge in [0.05, 0.1) is 24.2 Å². The predicted molar refractivity (Wildman–Crippen MR) is 163 cm³/mol. The van der Waals surface area contributed by atoms with Crippen molar-refractivity contribution in [2.45, 2.75) is 60.3 Å². The Morgan fingerprint density at radius 3 is 1.57 bits per heavy atom. The molecule has 4 aromatic rings. The van der Waals surface area contributed by atoms with Gasteiger partial charge in [-0.3, -0.25) is 0 Å². The minimum absolute atomic E-state index is 0.252. The van der Waals surface area contributed by atoms with Crippen LogP contribution in [0.25, 0.3) is 27.5 Å². The van der Waals surface area contributed by atoms with Gasteiger partial charge in [-0.2, -0.15) is 0 Å². The number of aromatic nitrogens is 1. The monoisotopic (exact) mass is 537 g/mol. The van der Waals surface area contributed by atoms with Gasteiger partial charge in [0.25, 0.3) is 0 Å². The fourth-order valence-electron chi connectivity index (χ4n) is 4.75. The number of esters is 2. The van der Waals surface area contributed by atoms with Crippen LogP contribution in [0.15, 0.2) is 84.0 Å². The zero-order chi connectivity index (χ0) is 28.6. The number of aryl methyl sites for hydroxylation is 3. The number of carbonyl (C=O) groups is 2. The Morgan fingerprint density at radius 1 is 0.700 bits per heavy atom. The first-order valence-corrected chi connectivity index (χ1v) is 14.1. The van der Waals surface area contributed by atoms with Crippen molar-refractivity contribution in [3.05, 3.63) is 101 Å². The summed E-state index contributed by atoms with van der Waals surface area (Å²) in [5, 5.41) is 2.40. The lowest BCUT2D eigenvalue weighted by atomic mass is 10.0. The predicted octanol–water partition coefficient (Wildman–Crippen LogP) is 7.98. The summed E-state index contributed by atoms with van der Waals surface area (Å²) >= 11 is 0. The van der Waals surface area contributed by atoms with Gasteiger partial charge in [-0.05, 0) is 108 Å². The molecule has 0 aliphatic carbocycles. The number of fused-ring (bicyclic) bond motifs is 3. The van der Waals surface area contributed by atoms with Gasteiger partial charge < -0.3 is 14.0 Å². The van der Waals surface area contributed by atoms with Crippen LogP contribution in [0.5, 0.6) is 0 Å². The fourth-order valence-corrected chi connectivity index (χ4v) is 4.75. The van der Waals surface area contributed by atoms with E-state index < -0.39 is 0 Å². The summed E-state index contributed by atoms with van der Waals surface area (Å²) in [6.45, 7) is 10.1. The summed E-state index contributed by atoms with van der Waals surface area (Å²) in [5.74, 6) is -0.503. The lowest BCUT2D eigenvalue weighted by molar-refractivity contribution is -0.139. The maximum atomic E-state index is 11.9. The number of nitrogens with zero attached hydrogens (tertiary/aromatic N) is 1. The van der Waals surface area contributed by atoms with E-state index >= 15 is 0 Å². The lowest BCUT2D eigenvalue weighted by Gasteiger charge is -2.09. The number of carbonyl (C=O) groups excluding carboxylic acids is 2. The molecule has 0 aliphatic heterocycles. The third-order valence-corrected chi connectivity index (χ3v) is 7.38. The highest BCUT2D eigenvalue weighted by Crippen LogP contribution is 2.34. The summed E-state index contributed by atoms with van der Waals surface area (Å²) < 4.78 is 13.1. The Morgan fingerprint density at radius 2 is 1.15 bits per heavy atom. The molecule has 0 fully saturated rings. The molecule has 0 saturated carbocycles. The molecule has 208 valence electrons. The van der Waals surface area contributed by atoms with Crippen LogP contribution in [-0.4, -0.2) is 29.7 Å². The summed E-state index contributed by atoms with van der Waals surface area (Å²) in [6.07, 6.45) is 6.72. The molecule has 40 heavy (non-hydrogen) atoms. The molecule has 0 aliphatic rings. The zero-order valence-corrected chi connectivity index (χ0v) is 24.3. The molecule has 5 nitrogen and oxygen atoms in total. The molecule has 1 aromatic heterocycles. The Bertz CT molecular complexity index is 1480. The first-order valence-electron chi connectivity index (χ1n) is 14.1. The SMILES string of the molecule is C/C=C(\C)C(=O)OCCCc1ccc2c(c1)c1cc(CCCOC(=O)/C(C)=C/C)ccc1n2-c1ccc(C)cc1. The summed E-state index contributed by atoms with van der Waals surface area (Å²) in [6, 6.07) is 21.9. The Kier molecular flexibility index (Phi) is 9.60. The summed E-state index contributed by atoms with van der Waals surface area (Å²) in [7, 11) is 0. The third kappa shape index (κ3) is 6.71. The average molecular weight is 538 g/mol. The molecule has 4 rings (SSSR count). The van der Waals surface area contributed by atoms with Crippen molar-refractivity contribution in [2.75, 3.05) is 13.2 Å². The normalized spacial score (nSPS) is 12.2. The molecular formula is C35H39NO4. The standard InChI is InChI=1S/C35H39NO4/c1-6-25(4)34(37)39-20-8-10-27-14-18-32-30(22-27)31-23-28(11-9-21-40-35(38)26(5)7-2)15-19-33(31)36(32)29-16-12-24(3)13-17-29/h6-7,12-19,22-23H,8-11,20-21H2,1-5H3/b25-6+,26-7+. The minimum Gasteiger partial charge on any atom is -0.462 e. The van der Waals surface area contributed by atoms with Crippen LogP contribution in [-0.2, 0) is 31.9 Å². The van der Waals surface area contributed by atoms with E-state index in [0.717, 1.165) is 42.4 Å². The molecule has 0 saturated heterocycles. The highest BCUT2D eigenvalue weighted by Gasteiger charge is 2.14. The second-order valence-electron chi connectivity index (χ2n) is 10.3. The quantitative estimate of drug-likeness (QED) is 0.111. The van der Waals surface area contributed by atoms with Gasteiger partial charge in [0.15, 0.2) is 0 Å². The lowest BCUT2D eigenvalue weighted by Crippen LogP contribution is -2.07. The molecule has 0 radical (unpaired) electrons. The Balaban J connectivity index is 1.60. The van der Waals surface area contributed by atoms with Crippen LogP contribution in [0.2, 0.25) is 0 Å². The first kappa shape index (κ1) is 28.9. The van der Waals surface area contributed by atoms with Gasteiger partial charge in [0, 0.05) is 27.6 Å². The summed E-state index contributed by atoms with van der Waals surface area (Å²) in [5.41, 5.74) is 8.36. The number of rotatable bonds is 11. The summed E-state index contributed by atoms with van der Waals surface area (Å²) in [4.78, 5) is 23.9. The van der Waals surface area contributed by atoms with Crippen molar-refractivity contribution < 1.29 is 19.1 Å². The second-order valence-corrected chi connectivity index (χ2v) is 10.3. The molecule has 0 spiro atoms. The van der Waals surface area contributed by atoms with Gasteiger partial charge in [0.1, 0.15) is 0 Å². The van der Waals surface area contributed by atoms with Crippen molar-refractivity contribution in [3.8, 4) is 5.69 Å². The van der Waals surface area contributed by atoms with Crippen molar-refractivity contribution in [1.82, 2.24) is 4.57 Å². The van der Waals surface area contributed by atoms with Gasteiger partial charge in [-0.25, -0.2) is 9.59 Å². The maximum absolute atomic E-state index is 11.9. The molecule has 0 bridgehead atoms. The van der Waals surface area contributed by atoms with Crippen molar-refractivity contribution in [3.63, 3.8) is 0 Å². The van der Waals surface area contributed by atoms with Crippen LogP contribution >= 0.6 is 0 Å². The van der Waals surface area contributed by atoms with Gasteiger partial charge in [-0.15, -0.1) is 0 Å². The van der Waals surface area contributed by atoms with Crippen LogP contribution in [0.4, 0.5) is 0 Å². The van der Waals surface area contributed by atoms with Crippen LogP contribution in [0, 0.1) is 6.92 Å². The molecule has 0 unspecified atom stereocenters. The molecule has 0 atom stereocenters. The largest absolute Gasteiger partial charge is 0.462 e. The van der Waals surface area contributed by atoms with E-state index in [1.54, 1.807) is 26.0 Å². The zero-order valence-electron chi connectivity index (χ0n) is 24.3. The topological polar surface area (TPSA) is 57.5 Å². The van der Waals surface area contributed by atoms with Gasteiger partial charge in [-0.1, -0.05) is 42.0 Å². The molecule has 1 heterocycles. The molecule has 5 heteroatoms. The van der Waals surface area contributed by atoms with E-state index in [1.807, 2.05) is 13.8 Å². The van der Waals surface area contributed by atoms with E-state index in [2.05, 4.69) is 72.2 Å². The maximum Gasteiger partial charge on any atom is 0.333 e. The number of benzene rings is 3. The van der Waals surface area contributed by atoms with Crippen molar-refractivity contribution >= 4 is 33.7 Å². The molecule has 0 N–H and O–H groups in total. The van der Waals surface area contributed by atoms with Crippen LogP contribution < -0.4 is 0 Å². The Hall–Kier alpha value is -4.12. The van der Waals surface area contributed by atoms with Gasteiger partial charge in [0.2, 0.25) is 0 Å². The highest BCUT2D eigenvalue weighted by atomic mass is 16.5. The molecule has 3 aromatic carbocycles. The minimum atomic E-state index is -0.252. The Labute approximate surface area is 237 Å². The number of allylic oxidation sites excluding steroid dienone is 2. The number of ether oxygens (including phenoxy) is 2. The van der Waals surface area contributed by atoms with Crippen LogP contribution in [0.1, 0.15) is 57.2 Å². The van der Waals surface area contributed by atoms with E-state index in [9.17, 15) is 9.59 Å². The van der Waals surface area contributed by atoms with E-state index in [4.69, 9.17) is 9.47 Å². The van der Waals surface area contributed by atoms with Crippen molar-refractivity contribution in [1.29, 1.82) is 0 Å². The van der Waals surface area contributed by atoms with Crippen LogP contribution in [0.3, 0.4) is 0 Å². The molecule has 0 amide bonds. The van der Waals surface area contributed by atoms with E-state index in [0.29, 0.717) is 24.4 Å². The van der Waals surface area contributed by atoms with E-state index in [1.165, 1.54) is 27.5 Å². The smallest absolute Gasteiger partial charge is 0.333 e. The number of hydrogen-bond acceptors (Lipinski definition) is 4. The highest BCUT2D eigenvalue weighted by molar-refractivity contribution is 6.09. The molecular weight excluding hydrogens is 498 g/mol. The fraction of sp³-hybridized carbons (Fsp3) is 0.314. The van der Waals surface area contributed by atoms with E-state index in [-0.39, 0.29) is 11.9 Å². The third-order valence-electron chi connectivity index (χ3n) is 7.38.